The average molecular weight is 520 g/mol. The number of nitro benzene ring substituents is 2. The molecule has 2 saturated heterocycles. The number of anilines is 2. The third kappa shape index (κ3) is 3.85. The largest absolute Gasteiger partial charge is 0.493 e. The Hall–Kier alpha value is -5.04. The summed E-state index contributed by atoms with van der Waals surface area (Å²) in [6.45, 7) is 0. The summed E-state index contributed by atoms with van der Waals surface area (Å²) in [6.07, 6.45) is -1.30. The van der Waals surface area contributed by atoms with Gasteiger partial charge in [-0.3, -0.25) is 34.7 Å². The molecule has 2 aliphatic heterocycles. The van der Waals surface area contributed by atoms with Crippen LogP contribution in [0, 0.1) is 26.1 Å². The lowest BCUT2D eigenvalue weighted by Gasteiger charge is -2.28. The number of hydroxylamine groups is 1. The van der Waals surface area contributed by atoms with Crippen LogP contribution in [0.2, 0.25) is 0 Å². The minimum Gasteiger partial charge on any atom is -0.493 e. The Morgan fingerprint density at radius 1 is 0.816 bits per heavy atom. The van der Waals surface area contributed by atoms with Gasteiger partial charge in [-0.2, -0.15) is 0 Å². The molecular formula is C25H20N4O9. The van der Waals surface area contributed by atoms with Gasteiger partial charge in [-0.1, -0.05) is 18.2 Å². The van der Waals surface area contributed by atoms with E-state index < -0.39 is 39.7 Å². The van der Waals surface area contributed by atoms with Crippen LogP contribution in [-0.2, 0) is 14.4 Å². The number of nitrogens with zero attached hydrogens (tertiary/aromatic N) is 4. The van der Waals surface area contributed by atoms with Crippen LogP contribution in [0.5, 0.6) is 11.5 Å². The fourth-order valence-corrected chi connectivity index (χ4v) is 4.79. The van der Waals surface area contributed by atoms with Crippen molar-refractivity contribution in [2.24, 2.45) is 5.92 Å². The zero-order valence-corrected chi connectivity index (χ0v) is 20.0. The van der Waals surface area contributed by atoms with Crippen LogP contribution in [0.25, 0.3) is 0 Å². The molecule has 5 rings (SSSR count). The van der Waals surface area contributed by atoms with Crippen molar-refractivity contribution in [3.8, 4) is 11.5 Å². The molecule has 0 unspecified atom stereocenters. The van der Waals surface area contributed by atoms with E-state index in [0.29, 0.717) is 5.69 Å². The standard InChI is InChI=1S/C25H20N4O9/c1-36-19-12-17(18(29(34)35)13-20(19)37-2)22-21-23(38-27(22)15-6-4-3-5-7-15)25(31)26(24(21)30)14-8-10-16(11-9-14)28(32)33/h3-13,21-23H,1-2H3/t21-,22-,23+/m1/s1. The Labute approximate surface area is 215 Å². The Kier molecular flexibility index (Phi) is 6.12. The summed E-state index contributed by atoms with van der Waals surface area (Å²) in [4.78, 5) is 56.1. The molecule has 194 valence electrons. The summed E-state index contributed by atoms with van der Waals surface area (Å²) in [5, 5.41) is 24.5. The summed E-state index contributed by atoms with van der Waals surface area (Å²) >= 11 is 0. The number of fused-ring (bicyclic) bond motifs is 1. The molecule has 13 nitrogen and oxygen atoms in total. The van der Waals surface area contributed by atoms with Crippen LogP contribution in [0.3, 0.4) is 0 Å². The molecule has 0 N–H and O–H groups in total. The first-order valence-electron chi connectivity index (χ1n) is 11.3. The maximum atomic E-state index is 13.8. The highest BCUT2D eigenvalue weighted by molar-refractivity contribution is 6.24. The second-order valence-electron chi connectivity index (χ2n) is 8.47. The van der Waals surface area contributed by atoms with Crippen molar-refractivity contribution < 1.29 is 33.7 Å². The number of para-hydroxylation sites is 1. The van der Waals surface area contributed by atoms with Gasteiger partial charge in [0.25, 0.3) is 17.3 Å². The van der Waals surface area contributed by atoms with Crippen molar-refractivity contribution in [2.75, 3.05) is 24.2 Å². The van der Waals surface area contributed by atoms with Gasteiger partial charge < -0.3 is 9.47 Å². The molecule has 0 radical (unpaired) electrons. The monoisotopic (exact) mass is 520 g/mol. The van der Waals surface area contributed by atoms with Crippen LogP contribution in [0.4, 0.5) is 22.7 Å². The Balaban J connectivity index is 1.65. The van der Waals surface area contributed by atoms with Gasteiger partial charge in [-0.05, 0) is 30.3 Å². The molecule has 3 atom stereocenters. The van der Waals surface area contributed by atoms with Gasteiger partial charge in [0.05, 0.1) is 47.1 Å². The maximum absolute atomic E-state index is 13.8. The summed E-state index contributed by atoms with van der Waals surface area (Å²) in [6, 6.07) is 15.0. The number of hydrogen-bond donors (Lipinski definition) is 0. The first-order chi connectivity index (χ1) is 18.3. The van der Waals surface area contributed by atoms with Gasteiger partial charge in [0.15, 0.2) is 17.6 Å². The number of carbonyl (C=O) groups is 2. The molecule has 2 aliphatic rings. The van der Waals surface area contributed by atoms with Crippen molar-refractivity contribution >= 4 is 34.6 Å². The van der Waals surface area contributed by atoms with Crippen molar-refractivity contribution in [3.63, 3.8) is 0 Å². The number of imide groups is 1. The van der Waals surface area contributed by atoms with Gasteiger partial charge in [-0.15, -0.1) is 0 Å². The van der Waals surface area contributed by atoms with Gasteiger partial charge >= 0.3 is 0 Å². The number of amides is 2. The molecule has 38 heavy (non-hydrogen) atoms. The van der Waals surface area contributed by atoms with E-state index in [2.05, 4.69) is 0 Å². The summed E-state index contributed by atoms with van der Waals surface area (Å²) in [5.74, 6) is -2.23. The molecule has 3 aromatic carbocycles. The zero-order chi connectivity index (χ0) is 27.1. The number of benzene rings is 3. The predicted molar refractivity (Wildman–Crippen MR) is 132 cm³/mol. The van der Waals surface area contributed by atoms with E-state index in [4.69, 9.17) is 14.3 Å². The number of non-ortho nitro benzene ring substituents is 1. The Bertz CT molecular complexity index is 1450. The van der Waals surface area contributed by atoms with Gasteiger partial charge in [-0.25, -0.2) is 9.96 Å². The minimum absolute atomic E-state index is 0.0794. The lowest BCUT2D eigenvalue weighted by Crippen LogP contribution is -2.37. The normalized spacial score (nSPS) is 20.4. The number of nitro groups is 2. The number of rotatable bonds is 7. The fraction of sp³-hybridized carbons (Fsp3) is 0.200. The van der Waals surface area contributed by atoms with E-state index in [1.54, 1.807) is 30.3 Å². The smallest absolute Gasteiger partial charge is 0.278 e. The third-order valence-electron chi connectivity index (χ3n) is 6.49. The minimum atomic E-state index is -1.30. The first kappa shape index (κ1) is 24.6. The molecule has 3 aromatic rings. The first-order valence-corrected chi connectivity index (χ1v) is 11.3. The Morgan fingerprint density at radius 3 is 2.03 bits per heavy atom. The summed E-state index contributed by atoms with van der Waals surface area (Å²) in [7, 11) is 2.71. The molecule has 0 aromatic heterocycles. The van der Waals surface area contributed by atoms with E-state index in [0.717, 1.165) is 4.90 Å². The van der Waals surface area contributed by atoms with Crippen LogP contribution < -0.4 is 19.4 Å². The fourth-order valence-electron chi connectivity index (χ4n) is 4.79. The highest BCUT2D eigenvalue weighted by atomic mass is 16.7. The van der Waals surface area contributed by atoms with E-state index >= 15 is 0 Å². The van der Waals surface area contributed by atoms with Gasteiger partial charge in [0.1, 0.15) is 12.0 Å². The number of hydrogen-bond acceptors (Lipinski definition) is 10. The Morgan fingerprint density at radius 2 is 1.45 bits per heavy atom. The predicted octanol–water partition coefficient (Wildman–Crippen LogP) is 3.57. The summed E-state index contributed by atoms with van der Waals surface area (Å²) in [5.41, 5.74) is 0.106. The van der Waals surface area contributed by atoms with E-state index in [1.807, 2.05) is 0 Å². The number of ether oxygens (including phenoxy) is 2. The maximum Gasteiger partial charge on any atom is 0.278 e. The highest BCUT2D eigenvalue weighted by Gasteiger charge is 2.61. The lowest BCUT2D eigenvalue weighted by atomic mass is 9.89. The van der Waals surface area contributed by atoms with E-state index in [1.165, 1.54) is 55.7 Å². The lowest BCUT2D eigenvalue weighted by molar-refractivity contribution is -0.385. The van der Waals surface area contributed by atoms with E-state index in [-0.39, 0.29) is 34.1 Å². The van der Waals surface area contributed by atoms with Crippen molar-refractivity contribution in [3.05, 3.63) is 92.5 Å². The molecule has 2 heterocycles. The zero-order valence-electron chi connectivity index (χ0n) is 20.0. The third-order valence-corrected chi connectivity index (χ3v) is 6.49. The van der Waals surface area contributed by atoms with Crippen molar-refractivity contribution in [1.82, 2.24) is 0 Å². The van der Waals surface area contributed by atoms with Crippen LogP contribution in [0.15, 0.2) is 66.7 Å². The van der Waals surface area contributed by atoms with Crippen molar-refractivity contribution in [2.45, 2.75) is 12.1 Å². The van der Waals surface area contributed by atoms with Crippen LogP contribution in [0.1, 0.15) is 11.6 Å². The van der Waals surface area contributed by atoms with Crippen molar-refractivity contribution in [1.29, 1.82) is 0 Å². The number of methoxy groups -OCH3 is 2. The molecule has 13 heteroatoms. The van der Waals surface area contributed by atoms with Crippen LogP contribution >= 0.6 is 0 Å². The second-order valence-corrected chi connectivity index (χ2v) is 8.47. The SMILES string of the molecule is COc1cc([C@@H]2[C@H]3C(=O)N(c4ccc([N+](=O)[O-])cc4)C(=O)[C@H]3ON2c2ccccc2)c([N+](=O)[O-])cc1OC. The molecule has 0 bridgehead atoms. The van der Waals surface area contributed by atoms with Gasteiger partial charge in [0, 0.05) is 12.1 Å². The molecule has 2 fully saturated rings. The number of carbonyl (C=O) groups excluding carboxylic acids is 2. The molecular weight excluding hydrogens is 500 g/mol. The van der Waals surface area contributed by atoms with Crippen LogP contribution in [-0.4, -0.2) is 42.0 Å². The summed E-state index contributed by atoms with van der Waals surface area (Å²) < 4.78 is 10.6. The molecule has 0 aliphatic carbocycles. The molecule has 0 spiro atoms. The average Bonchev–Trinajstić information content (AvgIpc) is 3.43. The highest BCUT2D eigenvalue weighted by Crippen LogP contribution is 2.51. The topological polar surface area (TPSA) is 155 Å². The molecule has 2 amide bonds. The van der Waals surface area contributed by atoms with Gasteiger partial charge in [0.2, 0.25) is 5.91 Å². The molecule has 0 saturated carbocycles. The van der Waals surface area contributed by atoms with E-state index in [9.17, 15) is 29.8 Å². The second kappa shape index (κ2) is 9.44. The quantitative estimate of drug-likeness (QED) is 0.256.